The summed E-state index contributed by atoms with van der Waals surface area (Å²) in [5, 5.41) is 0. The third kappa shape index (κ3) is 2.73. The lowest BCUT2D eigenvalue weighted by Crippen LogP contribution is -2.34. The number of carbonyl (C=O) groups is 1. The second-order valence-corrected chi connectivity index (χ2v) is 6.32. The summed E-state index contributed by atoms with van der Waals surface area (Å²) in [5.74, 6) is 0. The minimum Gasteiger partial charge on any atom is -0.444 e. The number of alkyl halides is 1. The second kappa shape index (κ2) is 4.48. The minimum absolute atomic E-state index is 0.0682. The Kier molecular flexibility index (Phi) is 3.34. The van der Waals surface area contributed by atoms with Crippen LogP contribution in [0.15, 0.2) is 24.3 Å². The standard InChI is InChI=1S/C13H16INO2/c1-13(2,3)17-12(16)15-8-9-6-4-5-7-10(9)11(15)14/h4-7,11H,8H2,1-3H3. The Balaban J connectivity index is 2.15. The number of fused-ring (bicyclic) bond motifs is 1. The Morgan fingerprint density at radius 1 is 1.41 bits per heavy atom. The van der Waals surface area contributed by atoms with E-state index >= 15 is 0 Å². The fraction of sp³-hybridized carbons (Fsp3) is 0.462. The molecule has 0 radical (unpaired) electrons. The predicted molar refractivity (Wildman–Crippen MR) is 75.0 cm³/mol. The lowest BCUT2D eigenvalue weighted by molar-refractivity contribution is 0.0245. The molecule has 0 saturated carbocycles. The largest absolute Gasteiger partial charge is 0.444 e. The molecule has 2 rings (SSSR count). The summed E-state index contributed by atoms with van der Waals surface area (Å²) >= 11 is 2.28. The van der Waals surface area contributed by atoms with Crippen molar-refractivity contribution in [1.82, 2.24) is 4.90 Å². The predicted octanol–water partition coefficient (Wildman–Crippen LogP) is 3.87. The van der Waals surface area contributed by atoms with Gasteiger partial charge in [-0.25, -0.2) is 4.79 Å². The summed E-state index contributed by atoms with van der Waals surface area (Å²) in [5.41, 5.74) is 1.97. The summed E-state index contributed by atoms with van der Waals surface area (Å²) < 4.78 is 5.47. The topological polar surface area (TPSA) is 29.5 Å². The van der Waals surface area contributed by atoms with Gasteiger partial charge in [-0.2, -0.15) is 0 Å². The SMILES string of the molecule is CC(C)(C)OC(=O)N1Cc2ccccc2C1I. The fourth-order valence-corrected chi connectivity index (χ4v) is 2.85. The van der Waals surface area contributed by atoms with Crippen molar-refractivity contribution in [2.24, 2.45) is 0 Å². The molecule has 1 aliphatic rings. The zero-order valence-electron chi connectivity index (χ0n) is 10.2. The number of ether oxygens (including phenoxy) is 1. The number of hydrogen-bond acceptors (Lipinski definition) is 2. The smallest absolute Gasteiger partial charge is 0.411 e. The first-order chi connectivity index (χ1) is 7.88. The van der Waals surface area contributed by atoms with Crippen molar-refractivity contribution in [3.63, 3.8) is 0 Å². The number of amides is 1. The molecule has 0 aliphatic carbocycles. The van der Waals surface area contributed by atoms with Crippen molar-refractivity contribution < 1.29 is 9.53 Å². The van der Waals surface area contributed by atoms with Gasteiger partial charge in [0.2, 0.25) is 0 Å². The molecular weight excluding hydrogens is 329 g/mol. The Bertz CT molecular complexity index is 439. The number of nitrogens with zero attached hydrogens (tertiary/aromatic N) is 1. The summed E-state index contributed by atoms with van der Waals surface area (Å²) in [6.45, 7) is 6.29. The maximum absolute atomic E-state index is 12.0. The molecule has 4 heteroatoms. The molecule has 1 aromatic carbocycles. The summed E-state index contributed by atoms with van der Waals surface area (Å²) in [7, 11) is 0. The van der Waals surface area contributed by atoms with E-state index in [-0.39, 0.29) is 10.1 Å². The molecule has 3 nitrogen and oxygen atoms in total. The molecule has 1 unspecified atom stereocenters. The number of rotatable bonds is 0. The lowest BCUT2D eigenvalue weighted by Gasteiger charge is -2.26. The van der Waals surface area contributed by atoms with Gasteiger partial charge in [0.25, 0.3) is 0 Å². The highest BCUT2D eigenvalue weighted by atomic mass is 127. The Morgan fingerprint density at radius 2 is 2.06 bits per heavy atom. The van der Waals surface area contributed by atoms with Crippen molar-refractivity contribution in [2.45, 2.75) is 37.0 Å². The van der Waals surface area contributed by atoms with E-state index in [0.29, 0.717) is 6.54 Å². The van der Waals surface area contributed by atoms with Gasteiger partial charge in [-0.05, 0) is 31.9 Å². The van der Waals surface area contributed by atoms with Crippen LogP contribution in [0.2, 0.25) is 0 Å². The van der Waals surface area contributed by atoms with E-state index in [9.17, 15) is 4.79 Å². The number of halogens is 1. The van der Waals surface area contributed by atoms with E-state index in [1.54, 1.807) is 4.90 Å². The first-order valence-corrected chi connectivity index (χ1v) is 6.84. The quantitative estimate of drug-likeness (QED) is 0.406. The van der Waals surface area contributed by atoms with Crippen molar-refractivity contribution in [2.75, 3.05) is 0 Å². The normalized spacial score (nSPS) is 19.1. The first kappa shape index (κ1) is 12.7. The van der Waals surface area contributed by atoms with Gasteiger partial charge in [0, 0.05) is 0 Å². The van der Waals surface area contributed by atoms with Crippen molar-refractivity contribution in [1.29, 1.82) is 0 Å². The highest BCUT2D eigenvalue weighted by molar-refractivity contribution is 14.1. The van der Waals surface area contributed by atoms with E-state index in [2.05, 4.69) is 34.7 Å². The summed E-state index contributed by atoms with van der Waals surface area (Å²) in [6.07, 6.45) is -0.242. The number of hydrogen-bond donors (Lipinski definition) is 0. The van der Waals surface area contributed by atoms with Crippen LogP contribution in [0.3, 0.4) is 0 Å². The van der Waals surface area contributed by atoms with Gasteiger partial charge < -0.3 is 4.74 Å². The fourth-order valence-electron chi connectivity index (χ4n) is 1.82. The Morgan fingerprint density at radius 3 is 2.65 bits per heavy atom. The van der Waals surface area contributed by atoms with Crippen molar-refractivity contribution in [3.8, 4) is 0 Å². The molecule has 0 aromatic heterocycles. The molecule has 0 fully saturated rings. The summed E-state index contributed by atoms with van der Waals surface area (Å²) in [6, 6.07) is 8.13. The van der Waals surface area contributed by atoms with Crippen LogP contribution in [0.5, 0.6) is 0 Å². The highest BCUT2D eigenvalue weighted by Crippen LogP contribution is 2.38. The molecule has 0 saturated heterocycles. The van der Waals surface area contributed by atoms with Crippen LogP contribution in [0.25, 0.3) is 0 Å². The zero-order chi connectivity index (χ0) is 12.6. The third-order valence-electron chi connectivity index (χ3n) is 2.55. The van der Waals surface area contributed by atoms with Crippen LogP contribution in [0, 0.1) is 0 Å². The number of carbonyl (C=O) groups excluding carboxylic acids is 1. The molecule has 1 heterocycles. The molecule has 0 N–H and O–H groups in total. The third-order valence-corrected chi connectivity index (χ3v) is 3.90. The van der Waals surface area contributed by atoms with Gasteiger partial charge in [0.15, 0.2) is 0 Å². The van der Waals surface area contributed by atoms with E-state index in [1.165, 1.54) is 11.1 Å². The van der Waals surface area contributed by atoms with E-state index in [0.717, 1.165) is 0 Å². The average Bonchev–Trinajstić information content (AvgIpc) is 2.55. The van der Waals surface area contributed by atoms with Gasteiger partial charge in [-0.15, -0.1) is 0 Å². The first-order valence-electron chi connectivity index (χ1n) is 5.60. The second-order valence-electron chi connectivity index (χ2n) is 5.14. The molecule has 1 amide bonds. The molecular formula is C13H16INO2. The molecule has 1 atom stereocenters. The van der Waals surface area contributed by atoms with Gasteiger partial charge in [0.1, 0.15) is 9.65 Å². The van der Waals surface area contributed by atoms with Gasteiger partial charge in [0.05, 0.1) is 6.54 Å². The lowest BCUT2D eigenvalue weighted by atomic mass is 10.1. The van der Waals surface area contributed by atoms with E-state index in [4.69, 9.17) is 4.74 Å². The molecule has 17 heavy (non-hydrogen) atoms. The van der Waals surface area contributed by atoms with Crippen LogP contribution in [0.4, 0.5) is 4.79 Å². The van der Waals surface area contributed by atoms with Crippen LogP contribution < -0.4 is 0 Å². The maximum Gasteiger partial charge on any atom is 0.411 e. The van der Waals surface area contributed by atoms with E-state index in [1.807, 2.05) is 32.9 Å². The van der Waals surface area contributed by atoms with Crippen LogP contribution in [-0.2, 0) is 11.3 Å². The molecule has 1 aliphatic heterocycles. The molecule has 0 spiro atoms. The highest BCUT2D eigenvalue weighted by Gasteiger charge is 2.34. The Labute approximate surface area is 115 Å². The van der Waals surface area contributed by atoms with Crippen molar-refractivity contribution in [3.05, 3.63) is 35.4 Å². The minimum atomic E-state index is -0.442. The molecule has 0 bridgehead atoms. The summed E-state index contributed by atoms with van der Waals surface area (Å²) in [4.78, 5) is 13.8. The van der Waals surface area contributed by atoms with Gasteiger partial charge in [-0.3, -0.25) is 4.90 Å². The van der Waals surface area contributed by atoms with Crippen LogP contribution in [-0.4, -0.2) is 16.6 Å². The maximum atomic E-state index is 12.0. The van der Waals surface area contributed by atoms with E-state index < -0.39 is 5.60 Å². The number of benzene rings is 1. The van der Waals surface area contributed by atoms with Gasteiger partial charge >= 0.3 is 6.09 Å². The van der Waals surface area contributed by atoms with Crippen molar-refractivity contribution >= 4 is 28.7 Å². The van der Waals surface area contributed by atoms with Gasteiger partial charge in [-0.1, -0.05) is 46.9 Å². The zero-order valence-corrected chi connectivity index (χ0v) is 12.4. The van der Waals surface area contributed by atoms with Crippen LogP contribution in [0.1, 0.15) is 35.9 Å². The monoisotopic (exact) mass is 345 g/mol. The molecule has 92 valence electrons. The average molecular weight is 345 g/mol. The van der Waals surface area contributed by atoms with Crippen LogP contribution >= 0.6 is 22.6 Å². The molecule has 1 aromatic rings. The Hall–Kier alpha value is -0.780.